The Kier molecular flexibility index (Phi) is 7.67. The molecule has 4 rings (SSSR count). The Morgan fingerprint density at radius 3 is 2.48 bits per heavy atom. The van der Waals surface area contributed by atoms with E-state index in [2.05, 4.69) is 68.1 Å². The van der Waals surface area contributed by atoms with Crippen LogP contribution in [0, 0.1) is 5.41 Å². The molecule has 0 amide bonds. The maximum Gasteiger partial charge on any atom is 0.0717 e. The van der Waals surface area contributed by atoms with Crippen LogP contribution in [-0.2, 0) is 23.2 Å². The summed E-state index contributed by atoms with van der Waals surface area (Å²) in [6.07, 6.45) is 2.22. The predicted molar refractivity (Wildman–Crippen MR) is 126 cm³/mol. The molecule has 0 unspecified atom stereocenters. The highest BCUT2D eigenvalue weighted by Crippen LogP contribution is 2.56. The van der Waals surface area contributed by atoms with Crippen LogP contribution in [0.3, 0.4) is 0 Å². The zero-order valence-electron chi connectivity index (χ0n) is 17.7. The number of hydrogen-bond acceptors (Lipinski definition) is 3. The number of piperidine rings is 1. The van der Waals surface area contributed by atoms with E-state index in [1.807, 2.05) is 6.07 Å². The lowest BCUT2D eigenvalue weighted by molar-refractivity contribution is -0.0491. The van der Waals surface area contributed by atoms with Crippen LogP contribution in [0.2, 0.25) is 0 Å². The number of ether oxygens (including phenoxy) is 1. The Balaban J connectivity index is 0.00000150. The first-order valence-corrected chi connectivity index (χ1v) is 10.2. The minimum Gasteiger partial charge on any atom is -0.398 e. The number of benzene rings is 2. The molecule has 0 spiro atoms. The number of hydrogen-bond donors (Lipinski definition) is 1. The van der Waals surface area contributed by atoms with Crippen LogP contribution in [0.1, 0.15) is 43.9 Å². The van der Waals surface area contributed by atoms with Gasteiger partial charge in [0, 0.05) is 23.7 Å². The van der Waals surface area contributed by atoms with Gasteiger partial charge in [-0.3, -0.25) is 4.90 Å². The van der Waals surface area contributed by atoms with Crippen molar-refractivity contribution in [2.75, 3.05) is 25.4 Å². The molecule has 160 valence electrons. The number of fused-ring (bicyclic) bond motifs is 4. The first kappa shape index (κ1) is 24.0. The Bertz CT molecular complexity index is 812. The number of nitrogen functional groups attached to an aromatic ring is 1. The smallest absolute Gasteiger partial charge is 0.0717 e. The third-order valence-electron chi connectivity index (χ3n) is 7.43. The summed E-state index contributed by atoms with van der Waals surface area (Å²) in [5.41, 5.74) is 11.8. The molecule has 0 saturated carbocycles. The number of halogens is 2. The van der Waals surface area contributed by atoms with Crippen LogP contribution in [0.25, 0.3) is 0 Å². The standard InChI is InChI=1S/C24H32N2O.2ClH/c1-23(2)22-16-19-20(10-7-11-21(19)25)24(23,3)12-13-26(22)14-15-27-17-18-8-5-4-6-9-18;;/h4-11,22H,12-17,25H2,1-3H3;2*1H/t22-,24+;;/m1../s1. The highest BCUT2D eigenvalue weighted by atomic mass is 35.5. The average Bonchev–Trinajstić information content (AvgIpc) is 2.65. The number of anilines is 1. The summed E-state index contributed by atoms with van der Waals surface area (Å²) in [5.74, 6) is 0. The highest BCUT2D eigenvalue weighted by molar-refractivity contribution is 5.85. The van der Waals surface area contributed by atoms with Gasteiger partial charge in [0.2, 0.25) is 0 Å². The van der Waals surface area contributed by atoms with E-state index in [1.54, 1.807) is 0 Å². The maximum absolute atomic E-state index is 6.38. The summed E-state index contributed by atoms with van der Waals surface area (Å²) >= 11 is 0. The minimum atomic E-state index is 0. The van der Waals surface area contributed by atoms with Gasteiger partial charge in [0.15, 0.2) is 0 Å². The van der Waals surface area contributed by atoms with E-state index in [0.717, 1.165) is 31.8 Å². The summed E-state index contributed by atoms with van der Waals surface area (Å²) in [4.78, 5) is 2.64. The van der Waals surface area contributed by atoms with Gasteiger partial charge in [0.25, 0.3) is 0 Å². The molecule has 2 aromatic carbocycles. The van der Waals surface area contributed by atoms with Crippen LogP contribution in [0.4, 0.5) is 5.69 Å². The van der Waals surface area contributed by atoms with Crippen molar-refractivity contribution in [1.29, 1.82) is 0 Å². The monoisotopic (exact) mass is 436 g/mol. The zero-order chi connectivity index (χ0) is 19.1. The van der Waals surface area contributed by atoms with Crippen molar-refractivity contribution in [3.63, 3.8) is 0 Å². The van der Waals surface area contributed by atoms with Crippen LogP contribution in [0.5, 0.6) is 0 Å². The van der Waals surface area contributed by atoms with Crippen molar-refractivity contribution >= 4 is 30.5 Å². The van der Waals surface area contributed by atoms with Crippen molar-refractivity contribution in [3.8, 4) is 0 Å². The zero-order valence-corrected chi connectivity index (χ0v) is 19.3. The lowest BCUT2D eigenvalue weighted by atomic mass is 9.51. The van der Waals surface area contributed by atoms with Crippen LogP contribution in [-0.4, -0.2) is 30.6 Å². The Morgan fingerprint density at radius 1 is 1.03 bits per heavy atom. The molecule has 1 aliphatic heterocycles. The quantitative estimate of drug-likeness (QED) is 0.513. The Morgan fingerprint density at radius 2 is 1.76 bits per heavy atom. The van der Waals surface area contributed by atoms with Crippen LogP contribution in [0.15, 0.2) is 48.5 Å². The third kappa shape index (κ3) is 4.16. The molecule has 2 atom stereocenters. The molecule has 2 bridgehead atoms. The normalized spacial score (nSPS) is 24.7. The van der Waals surface area contributed by atoms with E-state index in [1.165, 1.54) is 23.1 Å². The van der Waals surface area contributed by atoms with Gasteiger partial charge < -0.3 is 10.5 Å². The molecule has 3 nitrogen and oxygen atoms in total. The SMILES string of the molecule is CC1(C)[C@H]2Cc3c(N)cccc3[C@]1(C)CCN2CCOCc1ccccc1.Cl.Cl. The molecule has 5 heteroatoms. The van der Waals surface area contributed by atoms with Crippen LogP contribution < -0.4 is 5.73 Å². The fourth-order valence-corrected chi connectivity index (χ4v) is 5.29. The van der Waals surface area contributed by atoms with Crippen molar-refractivity contribution < 1.29 is 4.74 Å². The number of rotatable bonds is 5. The van der Waals surface area contributed by atoms with Crippen molar-refractivity contribution in [2.24, 2.45) is 5.41 Å². The Labute approximate surface area is 187 Å². The molecule has 29 heavy (non-hydrogen) atoms. The van der Waals surface area contributed by atoms with Gasteiger partial charge in [0.05, 0.1) is 13.2 Å². The second kappa shape index (κ2) is 9.26. The van der Waals surface area contributed by atoms with E-state index in [4.69, 9.17) is 10.5 Å². The number of nitrogens with two attached hydrogens (primary N) is 1. The van der Waals surface area contributed by atoms with E-state index in [9.17, 15) is 0 Å². The average molecular weight is 437 g/mol. The molecule has 1 aliphatic carbocycles. The van der Waals surface area contributed by atoms with Gasteiger partial charge in [-0.2, -0.15) is 0 Å². The summed E-state index contributed by atoms with van der Waals surface area (Å²) in [6.45, 7) is 10.9. The Hall–Kier alpha value is -1.26. The molecule has 1 saturated heterocycles. The number of nitrogens with zero attached hydrogens (tertiary/aromatic N) is 1. The largest absolute Gasteiger partial charge is 0.398 e. The minimum absolute atomic E-state index is 0. The van der Waals surface area contributed by atoms with Crippen molar-refractivity contribution in [2.45, 2.75) is 51.7 Å². The molecule has 0 radical (unpaired) electrons. The van der Waals surface area contributed by atoms with Gasteiger partial charge in [-0.15, -0.1) is 24.8 Å². The van der Waals surface area contributed by atoms with E-state index >= 15 is 0 Å². The topological polar surface area (TPSA) is 38.5 Å². The van der Waals surface area contributed by atoms with E-state index in [-0.39, 0.29) is 35.6 Å². The molecule has 2 aromatic rings. The molecule has 1 fully saturated rings. The van der Waals surface area contributed by atoms with Gasteiger partial charge in [-0.25, -0.2) is 0 Å². The van der Waals surface area contributed by atoms with Gasteiger partial charge in [-0.1, -0.05) is 63.2 Å². The summed E-state index contributed by atoms with van der Waals surface area (Å²) in [5, 5.41) is 0. The molecule has 2 N–H and O–H groups in total. The fraction of sp³-hybridized carbons (Fsp3) is 0.500. The fourth-order valence-electron chi connectivity index (χ4n) is 5.29. The van der Waals surface area contributed by atoms with E-state index in [0.29, 0.717) is 12.6 Å². The first-order chi connectivity index (χ1) is 12.9. The van der Waals surface area contributed by atoms with Crippen LogP contribution >= 0.6 is 24.8 Å². The third-order valence-corrected chi connectivity index (χ3v) is 7.43. The molecular formula is C24H34Cl2N2O. The summed E-state index contributed by atoms with van der Waals surface area (Å²) < 4.78 is 5.98. The van der Waals surface area contributed by atoms with Gasteiger partial charge in [-0.05, 0) is 47.6 Å². The van der Waals surface area contributed by atoms with Gasteiger partial charge in [0.1, 0.15) is 0 Å². The lowest BCUT2D eigenvalue weighted by Crippen LogP contribution is -2.64. The first-order valence-electron chi connectivity index (χ1n) is 10.2. The maximum atomic E-state index is 6.38. The predicted octanol–water partition coefficient (Wildman–Crippen LogP) is 5.24. The molecule has 2 aliphatic rings. The molecular weight excluding hydrogens is 403 g/mol. The second-order valence-electron chi connectivity index (χ2n) is 8.97. The molecule has 1 heterocycles. The summed E-state index contributed by atoms with van der Waals surface area (Å²) in [7, 11) is 0. The van der Waals surface area contributed by atoms with Crippen molar-refractivity contribution in [1.82, 2.24) is 4.90 Å². The highest BCUT2D eigenvalue weighted by Gasteiger charge is 2.55. The second-order valence-corrected chi connectivity index (χ2v) is 8.97. The summed E-state index contributed by atoms with van der Waals surface area (Å²) in [6, 6.07) is 17.4. The number of likely N-dealkylation sites (tertiary alicyclic amines) is 1. The van der Waals surface area contributed by atoms with Crippen molar-refractivity contribution in [3.05, 3.63) is 65.2 Å². The lowest BCUT2D eigenvalue weighted by Gasteiger charge is -2.61. The van der Waals surface area contributed by atoms with E-state index < -0.39 is 0 Å². The van der Waals surface area contributed by atoms with Gasteiger partial charge >= 0.3 is 0 Å². The molecule has 0 aromatic heterocycles.